The maximum absolute atomic E-state index is 9.59. The molecule has 2 nitrogen and oxygen atoms in total. The van der Waals surface area contributed by atoms with Crippen molar-refractivity contribution in [3.63, 3.8) is 0 Å². The standard InChI is InChI=1S/C15H16O2S/c16-14-9-4-5-10-15(14)18-12-6-11-17-13-7-2-1-3-8-13/h1-5,7-10,16H,6,11-12H2. The lowest BCUT2D eigenvalue weighted by Gasteiger charge is -2.06. The number of thioether (sulfide) groups is 1. The maximum atomic E-state index is 9.59. The first-order valence-corrected chi connectivity index (χ1v) is 6.93. The summed E-state index contributed by atoms with van der Waals surface area (Å²) >= 11 is 1.65. The molecule has 2 rings (SSSR count). The van der Waals surface area contributed by atoms with Crippen LogP contribution in [0.25, 0.3) is 0 Å². The number of para-hydroxylation sites is 2. The normalized spacial score (nSPS) is 10.2. The third-order valence-electron chi connectivity index (χ3n) is 2.42. The number of aromatic hydroxyl groups is 1. The van der Waals surface area contributed by atoms with E-state index >= 15 is 0 Å². The van der Waals surface area contributed by atoms with E-state index in [0.717, 1.165) is 22.8 Å². The van der Waals surface area contributed by atoms with Crippen molar-refractivity contribution in [2.75, 3.05) is 12.4 Å². The molecular weight excluding hydrogens is 244 g/mol. The molecule has 0 saturated heterocycles. The number of phenols is 1. The quantitative estimate of drug-likeness (QED) is 0.630. The van der Waals surface area contributed by atoms with Gasteiger partial charge in [0.05, 0.1) is 6.61 Å². The van der Waals surface area contributed by atoms with E-state index in [1.807, 2.05) is 48.5 Å². The van der Waals surface area contributed by atoms with Crippen LogP contribution in [0.4, 0.5) is 0 Å². The van der Waals surface area contributed by atoms with Crippen LogP contribution in [-0.4, -0.2) is 17.5 Å². The molecule has 18 heavy (non-hydrogen) atoms. The Kier molecular flexibility index (Phi) is 4.97. The Morgan fingerprint density at radius 3 is 2.44 bits per heavy atom. The molecule has 3 heteroatoms. The molecule has 0 aromatic heterocycles. The summed E-state index contributed by atoms with van der Waals surface area (Å²) in [5.74, 6) is 2.20. The largest absolute Gasteiger partial charge is 0.507 e. The van der Waals surface area contributed by atoms with Crippen LogP contribution < -0.4 is 4.74 Å². The SMILES string of the molecule is Oc1ccccc1SCCCOc1ccccc1. The van der Waals surface area contributed by atoms with Gasteiger partial charge in [0.25, 0.3) is 0 Å². The minimum absolute atomic E-state index is 0.353. The minimum Gasteiger partial charge on any atom is -0.507 e. The molecule has 0 bridgehead atoms. The fourth-order valence-corrected chi connectivity index (χ4v) is 2.40. The topological polar surface area (TPSA) is 29.5 Å². The van der Waals surface area contributed by atoms with Gasteiger partial charge in [0.15, 0.2) is 0 Å². The Balaban J connectivity index is 1.66. The van der Waals surface area contributed by atoms with Crippen molar-refractivity contribution in [3.05, 3.63) is 54.6 Å². The van der Waals surface area contributed by atoms with Gasteiger partial charge in [0.2, 0.25) is 0 Å². The molecule has 0 aliphatic carbocycles. The number of phenolic OH excluding ortho intramolecular Hbond substituents is 1. The summed E-state index contributed by atoms with van der Waals surface area (Å²) in [5.41, 5.74) is 0. The predicted octanol–water partition coefficient (Wildman–Crippen LogP) is 3.95. The summed E-state index contributed by atoms with van der Waals surface area (Å²) in [5, 5.41) is 9.59. The zero-order valence-corrected chi connectivity index (χ0v) is 10.9. The van der Waals surface area contributed by atoms with Crippen molar-refractivity contribution < 1.29 is 9.84 Å². The van der Waals surface area contributed by atoms with Crippen LogP contribution in [0.15, 0.2) is 59.5 Å². The van der Waals surface area contributed by atoms with Crippen molar-refractivity contribution in [3.8, 4) is 11.5 Å². The Bertz CT molecular complexity index is 471. The first-order valence-electron chi connectivity index (χ1n) is 5.95. The second kappa shape index (κ2) is 6.97. The molecule has 94 valence electrons. The molecule has 1 N–H and O–H groups in total. The van der Waals surface area contributed by atoms with Gasteiger partial charge in [0, 0.05) is 10.6 Å². The van der Waals surface area contributed by atoms with E-state index in [-0.39, 0.29) is 0 Å². The van der Waals surface area contributed by atoms with E-state index in [1.54, 1.807) is 17.8 Å². The van der Waals surface area contributed by atoms with E-state index in [2.05, 4.69) is 0 Å². The van der Waals surface area contributed by atoms with Crippen molar-refractivity contribution in [2.45, 2.75) is 11.3 Å². The second-order valence-corrected chi connectivity index (χ2v) is 4.97. The van der Waals surface area contributed by atoms with Crippen molar-refractivity contribution in [2.24, 2.45) is 0 Å². The van der Waals surface area contributed by atoms with Crippen LogP contribution in [-0.2, 0) is 0 Å². The lowest BCUT2D eigenvalue weighted by Crippen LogP contribution is -1.98. The molecule has 0 spiro atoms. The van der Waals surface area contributed by atoms with Crippen LogP contribution in [0.5, 0.6) is 11.5 Å². The Morgan fingerprint density at radius 2 is 1.67 bits per heavy atom. The molecule has 0 amide bonds. The number of ether oxygens (including phenoxy) is 1. The Morgan fingerprint density at radius 1 is 0.944 bits per heavy atom. The number of benzene rings is 2. The molecule has 0 aliphatic heterocycles. The summed E-state index contributed by atoms with van der Waals surface area (Å²) < 4.78 is 5.60. The second-order valence-electron chi connectivity index (χ2n) is 3.83. The summed E-state index contributed by atoms with van der Waals surface area (Å²) in [7, 11) is 0. The van der Waals surface area contributed by atoms with Gasteiger partial charge in [-0.05, 0) is 30.7 Å². The number of hydrogen-bond donors (Lipinski definition) is 1. The van der Waals surface area contributed by atoms with Gasteiger partial charge in [-0.25, -0.2) is 0 Å². The molecule has 2 aromatic carbocycles. The van der Waals surface area contributed by atoms with Gasteiger partial charge in [0.1, 0.15) is 11.5 Å². The first kappa shape index (κ1) is 12.8. The third kappa shape index (κ3) is 4.00. The van der Waals surface area contributed by atoms with Gasteiger partial charge < -0.3 is 9.84 Å². The average Bonchev–Trinajstić information content (AvgIpc) is 2.42. The van der Waals surface area contributed by atoms with Gasteiger partial charge in [-0.3, -0.25) is 0 Å². The maximum Gasteiger partial charge on any atom is 0.129 e. The highest BCUT2D eigenvalue weighted by molar-refractivity contribution is 7.99. The summed E-state index contributed by atoms with van der Waals surface area (Å²) in [6, 6.07) is 17.2. The molecule has 0 atom stereocenters. The van der Waals surface area contributed by atoms with E-state index in [4.69, 9.17) is 4.74 Å². The Labute approximate surface area is 112 Å². The number of hydrogen-bond acceptors (Lipinski definition) is 3. The lowest BCUT2D eigenvalue weighted by atomic mass is 10.3. The molecule has 0 radical (unpaired) electrons. The van der Waals surface area contributed by atoms with E-state index < -0.39 is 0 Å². The molecule has 0 unspecified atom stereocenters. The molecule has 0 saturated carbocycles. The molecule has 0 fully saturated rings. The van der Waals surface area contributed by atoms with Crippen LogP contribution in [0, 0.1) is 0 Å². The first-order chi connectivity index (χ1) is 8.86. The smallest absolute Gasteiger partial charge is 0.129 e. The van der Waals surface area contributed by atoms with E-state index in [1.165, 1.54) is 0 Å². The molecule has 0 aliphatic rings. The minimum atomic E-state index is 0.353. The highest BCUT2D eigenvalue weighted by atomic mass is 32.2. The lowest BCUT2D eigenvalue weighted by molar-refractivity contribution is 0.318. The molecular formula is C15H16O2S. The van der Waals surface area contributed by atoms with Crippen LogP contribution in [0.3, 0.4) is 0 Å². The van der Waals surface area contributed by atoms with Crippen LogP contribution in [0.1, 0.15) is 6.42 Å². The van der Waals surface area contributed by atoms with Gasteiger partial charge in [-0.1, -0.05) is 30.3 Å². The van der Waals surface area contributed by atoms with Crippen molar-refractivity contribution in [1.82, 2.24) is 0 Å². The zero-order chi connectivity index (χ0) is 12.6. The van der Waals surface area contributed by atoms with Gasteiger partial charge in [-0.2, -0.15) is 0 Å². The Hall–Kier alpha value is -1.61. The summed E-state index contributed by atoms with van der Waals surface area (Å²) in [6.45, 7) is 0.699. The highest BCUT2D eigenvalue weighted by Gasteiger charge is 1.99. The number of rotatable bonds is 6. The van der Waals surface area contributed by atoms with E-state index in [0.29, 0.717) is 12.4 Å². The van der Waals surface area contributed by atoms with Crippen molar-refractivity contribution in [1.29, 1.82) is 0 Å². The predicted molar refractivity (Wildman–Crippen MR) is 75.4 cm³/mol. The monoisotopic (exact) mass is 260 g/mol. The van der Waals surface area contributed by atoms with E-state index in [9.17, 15) is 5.11 Å². The molecule has 2 aromatic rings. The zero-order valence-electron chi connectivity index (χ0n) is 10.1. The molecule has 0 heterocycles. The van der Waals surface area contributed by atoms with Gasteiger partial charge >= 0.3 is 0 Å². The van der Waals surface area contributed by atoms with Crippen LogP contribution >= 0.6 is 11.8 Å². The van der Waals surface area contributed by atoms with Crippen LogP contribution in [0.2, 0.25) is 0 Å². The fraction of sp³-hybridized carbons (Fsp3) is 0.200. The average molecular weight is 260 g/mol. The highest BCUT2D eigenvalue weighted by Crippen LogP contribution is 2.27. The third-order valence-corrected chi connectivity index (χ3v) is 3.57. The fourth-order valence-electron chi connectivity index (χ4n) is 1.53. The van der Waals surface area contributed by atoms with Gasteiger partial charge in [-0.15, -0.1) is 11.8 Å². The summed E-state index contributed by atoms with van der Waals surface area (Å²) in [6.07, 6.45) is 0.952. The summed E-state index contributed by atoms with van der Waals surface area (Å²) in [4.78, 5) is 0.928. The van der Waals surface area contributed by atoms with Crippen molar-refractivity contribution >= 4 is 11.8 Å².